The number of imidazole rings is 1. The van der Waals surface area contributed by atoms with Crippen LogP contribution in [0, 0.1) is 0 Å². The summed E-state index contributed by atoms with van der Waals surface area (Å²) in [6, 6.07) is 0. The maximum Gasteiger partial charge on any atom is 0.276 e. The van der Waals surface area contributed by atoms with Crippen molar-refractivity contribution in [3.8, 4) is 0 Å². The van der Waals surface area contributed by atoms with Crippen LogP contribution in [-0.4, -0.2) is 46.7 Å². The predicted molar refractivity (Wildman–Crippen MR) is 59.1 cm³/mol. The number of nitrogens with one attached hydrogen (secondary N) is 2. The number of fused-ring (bicyclic) bond motifs is 2. The van der Waals surface area contributed by atoms with E-state index < -0.39 is 0 Å². The molecule has 1 aromatic rings. The minimum atomic E-state index is -0.0109. The van der Waals surface area contributed by atoms with Crippen LogP contribution in [0.1, 0.15) is 23.8 Å². The zero-order chi connectivity index (χ0) is 11.1. The summed E-state index contributed by atoms with van der Waals surface area (Å²) in [6.07, 6.45) is 2.61. The highest BCUT2D eigenvalue weighted by Crippen LogP contribution is 2.28. The fourth-order valence-corrected chi connectivity index (χ4v) is 2.43. The highest BCUT2D eigenvalue weighted by Gasteiger charge is 2.41. The van der Waals surface area contributed by atoms with Crippen molar-refractivity contribution in [1.82, 2.24) is 20.2 Å². The molecule has 3 heterocycles. The molecule has 6 nitrogen and oxygen atoms in total. The number of aromatic amines is 1. The first-order chi connectivity index (χ1) is 7.83. The van der Waals surface area contributed by atoms with Gasteiger partial charge in [0.1, 0.15) is 5.69 Å². The first kappa shape index (κ1) is 9.65. The summed E-state index contributed by atoms with van der Waals surface area (Å²) in [7, 11) is 0. The molecule has 2 aliphatic heterocycles. The standard InChI is InChI=1S/C10H15N5O/c1-2-4-14-8-7(12-6-13-8)9(16)15-5-3-11-10(14)15/h6,10-11H,2-5H2,1H3,(H,12,13). The number of rotatable bonds is 2. The van der Waals surface area contributed by atoms with E-state index in [-0.39, 0.29) is 12.2 Å². The van der Waals surface area contributed by atoms with Crippen LogP contribution in [0.5, 0.6) is 0 Å². The number of aromatic nitrogens is 2. The first-order valence-electron chi connectivity index (χ1n) is 5.67. The zero-order valence-electron chi connectivity index (χ0n) is 9.23. The fraction of sp³-hybridized carbons (Fsp3) is 0.600. The normalized spacial score (nSPS) is 23.6. The predicted octanol–water partition coefficient (Wildman–Crippen LogP) is -0.0313. The number of H-pyrrole nitrogens is 1. The van der Waals surface area contributed by atoms with Crippen LogP contribution in [0.25, 0.3) is 0 Å². The van der Waals surface area contributed by atoms with Crippen molar-refractivity contribution in [3.05, 3.63) is 12.0 Å². The second kappa shape index (κ2) is 3.48. The molecule has 1 aromatic heterocycles. The van der Waals surface area contributed by atoms with E-state index in [1.165, 1.54) is 0 Å². The van der Waals surface area contributed by atoms with Crippen LogP contribution in [0.3, 0.4) is 0 Å². The lowest BCUT2D eigenvalue weighted by molar-refractivity contribution is 0.0699. The van der Waals surface area contributed by atoms with Crippen molar-refractivity contribution < 1.29 is 4.79 Å². The first-order valence-corrected chi connectivity index (χ1v) is 5.67. The number of carbonyl (C=O) groups is 1. The third-order valence-electron chi connectivity index (χ3n) is 3.10. The molecule has 0 spiro atoms. The quantitative estimate of drug-likeness (QED) is 0.736. The summed E-state index contributed by atoms with van der Waals surface area (Å²) in [6.45, 7) is 4.64. The molecule has 0 saturated carbocycles. The van der Waals surface area contributed by atoms with Gasteiger partial charge in [0, 0.05) is 19.6 Å². The van der Waals surface area contributed by atoms with Gasteiger partial charge in [-0.05, 0) is 6.42 Å². The van der Waals surface area contributed by atoms with Crippen molar-refractivity contribution in [2.24, 2.45) is 0 Å². The molecule has 1 atom stereocenters. The molecule has 0 radical (unpaired) electrons. The Morgan fingerprint density at radius 1 is 1.62 bits per heavy atom. The summed E-state index contributed by atoms with van der Waals surface area (Å²) in [4.78, 5) is 23.3. The number of anilines is 1. The van der Waals surface area contributed by atoms with E-state index in [0.717, 1.165) is 31.9 Å². The van der Waals surface area contributed by atoms with Gasteiger partial charge in [-0.3, -0.25) is 10.1 Å². The second-order valence-corrected chi connectivity index (χ2v) is 4.12. The highest BCUT2D eigenvalue weighted by atomic mass is 16.2. The lowest BCUT2D eigenvalue weighted by atomic mass is 10.2. The molecule has 0 aromatic carbocycles. The van der Waals surface area contributed by atoms with E-state index >= 15 is 0 Å². The summed E-state index contributed by atoms with van der Waals surface area (Å²) in [5, 5.41) is 3.33. The Hall–Kier alpha value is -1.56. The molecule has 1 fully saturated rings. The minimum Gasteiger partial charge on any atom is -0.339 e. The second-order valence-electron chi connectivity index (χ2n) is 4.12. The largest absolute Gasteiger partial charge is 0.339 e. The smallest absolute Gasteiger partial charge is 0.276 e. The molecule has 2 N–H and O–H groups in total. The van der Waals surface area contributed by atoms with Gasteiger partial charge in [-0.15, -0.1) is 0 Å². The third kappa shape index (κ3) is 1.16. The molecular weight excluding hydrogens is 206 g/mol. The van der Waals surface area contributed by atoms with Gasteiger partial charge in [0.05, 0.1) is 6.33 Å². The van der Waals surface area contributed by atoms with Crippen LogP contribution in [0.4, 0.5) is 5.82 Å². The van der Waals surface area contributed by atoms with E-state index in [2.05, 4.69) is 27.1 Å². The Labute approximate surface area is 93.6 Å². The highest BCUT2D eigenvalue weighted by molar-refractivity contribution is 5.99. The van der Waals surface area contributed by atoms with Crippen molar-refractivity contribution in [3.63, 3.8) is 0 Å². The molecule has 0 aliphatic carbocycles. The Kier molecular flexibility index (Phi) is 2.10. The van der Waals surface area contributed by atoms with E-state index in [9.17, 15) is 4.79 Å². The van der Waals surface area contributed by atoms with Crippen LogP contribution in [-0.2, 0) is 0 Å². The summed E-state index contributed by atoms with van der Waals surface area (Å²) < 4.78 is 0. The van der Waals surface area contributed by atoms with Gasteiger partial charge in [0.2, 0.25) is 0 Å². The van der Waals surface area contributed by atoms with Gasteiger partial charge in [0.25, 0.3) is 5.91 Å². The Balaban J connectivity index is 2.04. The van der Waals surface area contributed by atoms with Crippen molar-refractivity contribution >= 4 is 11.7 Å². The molecule has 0 bridgehead atoms. The number of hydrogen-bond donors (Lipinski definition) is 2. The minimum absolute atomic E-state index is 0.0109. The van der Waals surface area contributed by atoms with Crippen LogP contribution in [0.2, 0.25) is 0 Å². The van der Waals surface area contributed by atoms with E-state index in [1.54, 1.807) is 6.33 Å². The number of carbonyl (C=O) groups excluding carboxylic acids is 1. The SMILES string of the molecule is CCCN1c2nc[nH]c2C(=O)N2CCNC21. The third-order valence-corrected chi connectivity index (χ3v) is 3.10. The van der Waals surface area contributed by atoms with Gasteiger partial charge in [-0.1, -0.05) is 6.92 Å². The van der Waals surface area contributed by atoms with Gasteiger partial charge >= 0.3 is 0 Å². The number of hydrogen-bond acceptors (Lipinski definition) is 4. The number of nitrogens with zero attached hydrogens (tertiary/aromatic N) is 3. The molecular formula is C10H15N5O. The average Bonchev–Trinajstić information content (AvgIpc) is 2.92. The van der Waals surface area contributed by atoms with Gasteiger partial charge in [-0.25, -0.2) is 4.98 Å². The maximum atomic E-state index is 12.1. The van der Waals surface area contributed by atoms with E-state index in [4.69, 9.17) is 0 Å². The van der Waals surface area contributed by atoms with Crippen LogP contribution in [0.15, 0.2) is 6.33 Å². The Morgan fingerprint density at radius 2 is 2.50 bits per heavy atom. The number of amides is 1. The van der Waals surface area contributed by atoms with Crippen molar-refractivity contribution in [2.45, 2.75) is 19.6 Å². The topological polar surface area (TPSA) is 64.3 Å². The zero-order valence-corrected chi connectivity index (χ0v) is 9.23. The Morgan fingerprint density at radius 3 is 3.31 bits per heavy atom. The van der Waals surface area contributed by atoms with Crippen LogP contribution < -0.4 is 10.2 Å². The van der Waals surface area contributed by atoms with Crippen molar-refractivity contribution in [1.29, 1.82) is 0 Å². The molecule has 86 valence electrons. The average molecular weight is 221 g/mol. The fourth-order valence-electron chi connectivity index (χ4n) is 2.43. The lowest BCUT2D eigenvalue weighted by Crippen LogP contribution is -2.56. The summed E-state index contributed by atoms with van der Waals surface area (Å²) in [5.41, 5.74) is 0.619. The molecule has 1 amide bonds. The summed E-state index contributed by atoms with van der Waals surface area (Å²) >= 11 is 0. The van der Waals surface area contributed by atoms with Crippen LogP contribution >= 0.6 is 0 Å². The van der Waals surface area contributed by atoms with Gasteiger partial charge in [0.15, 0.2) is 12.1 Å². The lowest BCUT2D eigenvalue weighted by Gasteiger charge is -2.38. The molecule has 3 rings (SSSR count). The molecule has 2 aliphatic rings. The summed E-state index contributed by atoms with van der Waals surface area (Å²) in [5.74, 6) is 0.831. The van der Waals surface area contributed by atoms with Gasteiger partial charge in [-0.2, -0.15) is 0 Å². The van der Waals surface area contributed by atoms with E-state index in [1.807, 2.05) is 4.90 Å². The van der Waals surface area contributed by atoms with Gasteiger partial charge < -0.3 is 14.8 Å². The molecule has 16 heavy (non-hydrogen) atoms. The van der Waals surface area contributed by atoms with E-state index in [0.29, 0.717) is 5.69 Å². The molecule has 6 heteroatoms. The molecule has 1 unspecified atom stereocenters. The van der Waals surface area contributed by atoms with Crippen molar-refractivity contribution in [2.75, 3.05) is 24.5 Å². The molecule has 1 saturated heterocycles. The monoisotopic (exact) mass is 221 g/mol. The Bertz CT molecular complexity index is 415. The maximum absolute atomic E-state index is 12.1.